The summed E-state index contributed by atoms with van der Waals surface area (Å²) >= 11 is 0. The van der Waals surface area contributed by atoms with Gasteiger partial charge in [-0.15, -0.1) is 0 Å². The van der Waals surface area contributed by atoms with E-state index < -0.39 is 11.8 Å². The second-order valence-electron chi connectivity index (χ2n) is 2.87. The number of carboxylic acid groups (broad SMARTS) is 1. The predicted molar refractivity (Wildman–Crippen MR) is 45.7 cm³/mol. The van der Waals surface area contributed by atoms with Gasteiger partial charge in [-0.3, -0.25) is 0 Å². The lowest BCUT2D eigenvalue weighted by Crippen LogP contribution is -2.01. The van der Waals surface area contributed by atoms with Crippen molar-refractivity contribution in [1.82, 2.24) is 5.16 Å². The molecule has 72 valence electrons. The molecule has 0 aliphatic heterocycles. The van der Waals surface area contributed by atoms with Crippen LogP contribution in [0.4, 0.5) is 4.39 Å². The highest BCUT2D eigenvalue weighted by Gasteiger charge is 2.19. The van der Waals surface area contributed by atoms with E-state index in [-0.39, 0.29) is 16.5 Å². The number of hydrogen-bond donors (Lipinski definition) is 1. The third kappa shape index (κ3) is 1.06. The maximum Gasteiger partial charge on any atom is 0.339 e. The van der Waals surface area contributed by atoms with E-state index in [1.54, 1.807) is 6.92 Å². The number of aryl methyl sites for hydroxylation is 1. The highest BCUT2D eigenvalue weighted by Crippen LogP contribution is 2.24. The van der Waals surface area contributed by atoms with Gasteiger partial charge in [-0.25, -0.2) is 9.18 Å². The summed E-state index contributed by atoms with van der Waals surface area (Å²) in [6.07, 6.45) is 0. The van der Waals surface area contributed by atoms with Crippen LogP contribution in [-0.2, 0) is 0 Å². The van der Waals surface area contributed by atoms with Crippen LogP contribution in [0.15, 0.2) is 16.7 Å². The number of aromatic nitrogens is 1. The first-order valence-electron chi connectivity index (χ1n) is 3.89. The van der Waals surface area contributed by atoms with Gasteiger partial charge in [0, 0.05) is 0 Å². The van der Waals surface area contributed by atoms with Crippen LogP contribution in [0.1, 0.15) is 16.1 Å². The van der Waals surface area contributed by atoms with Crippen LogP contribution in [0.25, 0.3) is 11.0 Å². The molecular weight excluding hydrogens is 189 g/mol. The number of hydrogen-bond acceptors (Lipinski definition) is 3. The highest BCUT2D eigenvalue weighted by molar-refractivity contribution is 6.03. The van der Waals surface area contributed by atoms with Crippen LogP contribution in [0, 0.1) is 12.7 Å². The lowest BCUT2D eigenvalue weighted by molar-refractivity contribution is 0.0694. The van der Waals surface area contributed by atoms with Crippen molar-refractivity contribution in [2.75, 3.05) is 0 Å². The SMILES string of the molecule is Cc1noc2ccc(F)c(C(=O)O)c12. The van der Waals surface area contributed by atoms with Crippen LogP contribution in [0.2, 0.25) is 0 Å². The van der Waals surface area contributed by atoms with Gasteiger partial charge in [0.15, 0.2) is 5.58 Å². The Labute approximate surface area is 77.9 Å². The van der Waals surface area contributed by atoms with Crippen molar-refractivity contribution in [3.8, 4) is 0 Å². The van der Waals surface area contributed by atoms with Crippen molar-refractivity contribution in [2.45, 2.75) is 6.92 Å². The van der Waals surface area contributed by atoms with E-state index in [9.17, 15) is 9.18 Å². The molecule has 0 unspecified atom stereocenters. The first-order chi connectivity index (χ1) is 6.61. The van der Waals surface area contributed by atoms with Gasteiger partial charge in [0.25, 0.3) is 0 Å². The quantitative estimate of drug-likeness (QED) is 0.755. The maximum atomic E-state index is 13.2. The molecule has 0 atom stereocenters. The Bertz CT molecular complexity index is 518. The minimum Gasteiger partial charge on any atom is -0.478 e. The van der Waals surface area contributed by atoms with Gasteiger partial charge in [0.05, 0.1) is 11.1 Å². The number of carboxylic acids is 1. The van der Waals surface area contributed by atoms with Crippen molar-refractivity contribution >= 4 is 16.9 Å². The molecule has 5 heteroatoms. The third-order valence-corrected chi connectivity index (χ3v) is 1.97. The maximum absolute atomic E-state index is 13.2. The average Bonchev–Trinajstić information content (AvgIpc) is 2.47. The molecule has 0 aliphatic carbocycles. The lowest BCUT2D eigenvalue weighted by atomic mass is 10.1. The Morgan fingerprint density at radius 2 is 2.29 bits per heavy atom. The number of fused-ring (bicyclic) bond motifs is 1. The first-order valence-corrected chi connectivity index (χ1v) is 3.89. The summed E-state index contributed by atoms with van der Waals surface area (Å²) in [6, 6.07) is 2.41. The summed E-state index contributed by atoms with van der Waals surface area (Å²) in [4.78, 5) is 10.8. The average molecular weight is 195 g/mol. The molecule has 2 aromatic rings. The van der Waals surface area contributed by atoms with Crippen molar-refractivity contribution < 1.29 is 18.8 Å². The molecule has 0 saturated carbocycles. The Hall–Kier alpha value is -1.91. The zero-order valence-electron chi connectivity index (χ0n) is 7.24. The third-order valence-electron chi connectivity index (χ3n) is 1.97. The molecule has 0 bridgehead atoms. The van der Waals surface area contributed by atoms with Crippen molar-refractivity contribution in [3.05, 3.63) is 29.2 Å². The second-order valence-corrected chi connectivity index (χ2v) is 2.87. The van der Waals surface area contributed by atoms with Crippen LogP contribution in [0.5, 0.6) is 0 Å². The van der Waals surface area contributed by atoms with E-state index in [2.05, 4.69) is 5.16 Å². The van der Waals surface area contributed by atoms with E-state index in [0.29, 0.717) is 5.69 Å². The number of halogens is 1. The molecule has 0 fully saturated rings. The Morgan fingerprint density at radius 1 is 1.57 bits per heavy atom. The van der Waals surface area contributed by atoms with E-state index in [0.717, 1.165) is 6.07 Å². The molecule has 1 N–H and O–H groups in total. The Balaban J connectivity index is 2.94. The molecule has 0 saturated heterocycles. The lowest BCUT2D eigenvalue weighted by Gasteiger charge is -1.97. The summed E-state index contributed by atoms with van der Waals surface area (Å²) in [5.41, 5.74) is 0.263. The minimum absolute atomic E-state index is 0.220. The molecule has 0 radical (unpaired) electrons. The fraction of sp³-hybridized carbons (Fsp3) is 0.111. The van der Waals surface area contributed by atoms with Crippen LogP contribution < -0.4 is 0 Å². The summed E-state index contributed by atoms with van der Waals surface area (Å²) in [7, 11) is 0. The molecule has 0 spiro atoms. The molecule has 0 amide bonds. The number of benzene rings is 1. The van der Waals surface area contributed by atoms with Gasteiger partial charge in [-0.05, 0) is 19.1 Å². The van der Waals surface area contributed by atoms with Crippen molar-refractivity contribution in [3.63, 3.8) is 0 Å². The zero-order chi connectivity index (χ0) is 10.3. The van der Waals surface area contributed by atoms with E-state index in [1.807, 2.05) is 0 Å². The highest BCUT2D eigenvalue weighted by atomic mass is 19.1. The molecule has 1 aromatic heterocycles. The van der Waals surface area contributed by atoms with E-state index >= 15 is 0 Å². The van der Waals surface area contributed by atoms with Gasteiger partial charge in [-0.2, -0.15) is 0 Å². The predicted octanol–water partition coefficient (Wildman–Crippen LogP) is 1.97. The summed E-state index contributed by atoms with van der Waals surface area (Å²) in [6.45, 7) is 1.57. The smallest absolute Gasteiger partial charge is 0.339 e. The normalized spacial score (nSPS) is 10.7. The van der Waals surface area contributed by atoms with Gasteiger partial charge in [-0.1, -0.05) is 5.16 Å². The minimum atomic E-state index is -1.32. The van der Waals surface area contributed by atoms with Crippen molar-refractivity contribution in [1.29, 1.82) is 0 Å². The topological polar surface area (TPSA) is 63.3 Å². The Morgan fingerprint density at radius 3 is 2.93 bits per heavy atom. The van der Waals surface area contributed by atoms with Crippen LogP contribution in [-0.4, -0.2) is 16.2 Å². The number of carbonyl (C=O) groups is 1. The van der Waals surface area contributed by atoms with Gasteiger partial charge >= 0.3 is 5.97 Å². The second kappa shape index (κ2) is 2.80. The molecule has 14 heavy (non-hydrogen) atoms. The van der Waals surface area contributed by atoms with Gasteiger partial charge in [0.2, 0.25) is 0 Å². The molecule has 1 heterocycles. The molecule has 2 rings (SSSR count). The largest absolute Gasteiger partial charge is 0.478 e. The van der Waals surface area contributed by atoms with E-state index in [1.165, 1.54) is 6.07 Å². The van der Waals surface area contributed by atoms with Crippen LogP contribution in [0.3, 0.4) is 0 Å². The van der Waals surface area contributed by atoms with Crippen LogP contribution >= 0.6 is 0 Å². The monoisotopic (exact) mass is 195 g/mol. The number of nitrogens with zero attached hydrogens (tertiary/aromatic N) is 1. The zero-order valence-corrected chi connectivity index (χ0v) is 7.24. The summed E-state index contributed by atoms with van der Waals surface area (Å²) in [5, 5.41) is 12.6. The molecule has 1 aromatic carbocycles. The van der Waals surface area contributed by atoms with Gasteiger partial charge < -0.3 is 9.63 Å². The first kappa shape index (κ1) is 8.68. The van der Waals surface area contributed by atoms with Crippen molar-refractivity contribution in [2.24, 2.45) is 0 Å². The molecule has 4 nitrogen and oxygen atoms in total. The Kier molecular flexibility index (Phi) is 1.73. The summed E-state index contributed by atoms with van der Waals surface area (Å²) in [5.74, 6) is -2.10. The summed E-state index contributed by atoms with van der Waals surface area (Å²) < 4.78 is 18.0. The molecule has 0 aliphatic rings. The fourth-order valence-electron chi connectivity index (χ4n) is 1.37. The van der Waals surface area contributed by atoms with E-state index in [4.69, 9.17) is 9.63 Å². The molecular formula is C9H6FNO3. The number of aromatic carboxylic acids is 1. The standard InChI is InChI=1S/C9H6FNO3/c1-4-7-6(14-11-4)3-2-5(10)8(7)9(12)13/h2-3H,1H3,(H,12,13). The van der Waals surface area contributed by atoms with Gasteiger partial charge in [0.1, 0.15) is 11.4 Å². The fourth-order valence-corrected chi connectivity index (χ4v) is 1.37. The number of rotatable bonds is 1.